The topological polar surface area (TPSA) is 98.2 Å². The van der Waals surface area contributed by atoms with E-state index >= 15 is 0 Å². The molecule has 2 N–H and O–H groups in total. The van der Waals surface area contributed by atoms with Gasteiger partial charge in [-0.15, -0.1) is 18.3 Å². The van der Waals surface area contributed by atoms with Gasteiger partial charge in [0.15, 0.2) is 0 Å². The van der Waals surface area contributed by atoms with Crippen molar-refractivity contribution in [1.82, 2.24) is 4.90 Å². The van der Waals surface area contributed by atoms with E-state index in [1.54, 1.807) is 40.1 Å². The zero-order valence-electron chi connectivity index (χ0n) is 20.3. The van der Waals surface area contributed by atoms with Gasteiger partial charge in [-0.05, 0) is 48.9 Å². The smallest absolute Gasteiger partial charge is 0.308 e. The molecule has 190 valence electrons. The lowest BCUT2D eigenvalue weighted by Crippen LogP contribution is -2.59. The Bertz CT molecular complexity index is 1020. The minimum atomic E-state index is -0.993. The summed E-state index contributed by atoms with van der Waals surface area (Å²) in [4.78, 5) is 43.9. The quantitative estimate of drug-likeness (QED) is 0.482. The lowest BCUT2D eigenvalue weighted by Gasteiger charge is -2.42. The molecule has 3 heterocycles. The van der Waals surface area contributed by atoms with Gasteiger partial charge in [0.05, 0.1) is 29.2 Å². The number of carboxylic acids is 1. The van der Waals surface area contributed by atoms with E-state index in [9.17, 15) is 24.6 Å². The van der Waals surface area contributed by atoms with Crippen molar-refractivity contribution in [3.63, 3.8) is 0 Å². The molecule has 1 spiro atoms. The van der Waals surface area contributed by atoms with Gasteiger partial charge < -0.3 is 20.0 Å². The number of likely N-dealkylation sites (tertiary alicyclic amines) is 1. The molecule has 2 amide bonds. The van der Waals surface area contributed by atoms with E-state index < -0.39 is 34.6 Å². The number of carboxylic acid groups (broad SMARTS) is 1. The first kappa shape index (κ1) is 26.0. The van der Waals surface area contributed by atoms with Crippen LogP contribution in [-0.2, 0) is 14.4 Å². The van der Waals surface area contributed by atoms with Gasteiger partial charge in [-0.1, -0.05) is 38.4 Å². The Morgan fingerprint density at radius 1 is 1.34 bits per heavy atom. The van der Waals surface area contributed by atoms with E-state index in [1.165, 1.54) is 11.8 Å². The maximum atomic E-state index is 14.4. The van der Waals surface area contributed by atoms with Crippen molar-refractivity contribution in [2.24, 2.45) is 23.7 Å². The predicted octanol–water partition coefficient (Wildman–Crippen LogP) is 3.69. The molecule has 0 saturated carbocycles. The fourth-order valence-electron chi connectivity index (χ4n) is 6.45. The molecule has 9 heteroatoms. The number of benzene rings is 1. The van der Waals surface area contributed by atoms with Crippen molar-refractivity contribution in [3.8, 4) is 0 Å². The number of halogens is 1. The molecule has 35 heavy (non-hydrogen) atoms. The van der Waals surface area contributed by atoms with E-state index in [0.717, 1.165) is 0 Å². The number of rotatable bonds is 9. The first-order chi connectivity index (χ1) is 16.6. The number of carbonyl (C=O) groups excluding carboxylic acids is 2. The predicted molar refractivity (Wildman–Crippen MR) is 137 cm³/mol. The first-order valence-corrected chi connectivity index (χ1v) is 13.4. The zero-order valence-corrected chi connectivity index (χ0v) is 21.8. The minimum absolute atomic E-state index is 0.0322. The number of nitrogens with zero attached hydrogens (tertiary/aromatic N) is 2. The standard InChI is InChI=1S/C26H33ClN2O5S/c1-5-10-28(17-8-6-16(27)7-9-17)24(32)22-26-15(4)12-19(35-26)20(25(33)34)21(26)23(31)29(22)18(13-30)11-14(2)3/h5-9,14-15,18-22,30H,1,10-13H2,2-4H3,(H,33,34)/t15?,18-,19-,20+,21+,22?,26?/m1/s1. The largest absolute Gasteiger partial charge is 0.481 e. The van der Waals surface area contributed by atoms with Crippen LogP contribution < -0.4 is 4.90 Å². The highest BCUT2D eigenvalue weighted by molar-refractivity contribution is 8.02. The molecule has 3 fully saturated rings. The van der Waals surface area contributed by atoms with E-state index in [1.807, 2.05) is 20.8 Å². The summed E-state index contributed by atoms with van der Waals surface area (Å²) in [5, 5.41) is 20.7. The van der Waals surface area contributed by atoms with Gasteiger partial charge in [0.2, 0.25) is 5.91 Å². The average molecular weight is 521 g/mol. The molecule has 7 nitrogen and oxygen atoms in total. The first-order valence-electron chi connectivity index (χ1n) is 12.1. The van der Waals surface area contributed by atoms with Crippen molar-refractivity contribution in [3.05, 3.63) is 41.9 Å². The molecule has 7 atom stereocenters. The van der Waals surface area contributed by atoms with Gasteiger partial charge in [-0.2, -0.15) is 0 Å². The number of hydrogen-bond donors (Lipinski definition) is 2. The Hall–Kier alpha value is -2.03. The number of carbonyl (C=O) groups is 3. The van der Waals surface area contributed by atoms with Crippen LogP contribution in [0, 0.1) is 23.7 Å². The lowest BCUT2D eigenvalue weighted by atomic mass is 9.66. The summed E-state index contributed by atoms with van der Waals surface area (Å²) < 4.78 is -0.863. The third-order valence-corrected chi connectivity index (χ3v) is 10.1. The number of amides is 2. The molecule has 3 aliphatic rings. The van der Waals surface area contributed by atoms with E-state index in [2.05, 4.69) is 6.58 Å². The van der Waals surface area contributed by atoms with Crippen LogP contribution in [0.4, 0.5) is 5.69 Å². The minimum Gasteiger partial charge on any atom is -0.481 e. The Labute approximate surface area is 215 Å². The Balaban J connectivity index is 1.86. The number of aliphatic carboxylic acids is 1. The summed E-state index contributed by atoms with van der Waals surface area (Å²) in [7, 11) is 0. The molecule has 1 aromatic rings. The van der Waals surface area contributed by atoms with Crippen LogP contribution in [0.5, 0.6) is 0 Å². The molecule has 0 aliphatic carbocycles. The highest BCUT2D eigenvalue weighted by Gasteiger charge is 2.77. The van der Waals surface area contributed by atoms with E-state index in [-0.39, 0.29) is 42.1 Å². The normalized spacial score (nSPS) is 32.1. The number of hydrogen-bond acceptors (Lipinski definition) is 5. The van der Waals surface area contributed by atoms with Crippen molar-refractivity contribution < 1.29 is 24.6 Å². The van der Waals surface area contributed by atoms with Gasteiger partial charge in [0.25, 0.3) is 5.91 Å². The van der Waals surface area contributed by atoms with Crippen LogP contribution in [0.2, 0.25) is 5.02 Å². The number of aliphatic hydroxyl groups is 1. The van der Waals surface area contributed by atoms with Crippen LogP contribution in [0.15, 0.2) is 36.9 Å². The van der Waals surface area contributed by atoms with Gasteiger partial charge in [0.1, 0.15) is 6.04 Å². The average Bonchev–Trinajstić information content (AvgIpc) is 3.40. The second kappa shape index (κ2) is 9.79. The SMILES string of the molecule is C=CCN(C(=O)C1N([C@@H](CO)CC(C)C)C(=O)[C@@H]2[C@@H](C(=O)O)[C@H]3CC(C)C12S3)c1ccc(Cl)cc1. The fourth-order valence-corrected chi connectivity index (χ4v) is 8.98. The maximum Gasteiger partial charge on any atom is 0.308 e. The summed E-state index contributed by atoms with van der Waals surface area (Å²) >= 11 is 7.57. The Morgan fingerprint density at radius 2 is 2.00 bits per heavy atom. The molecule has 1 aromatic carbocycles. The lowest BCUT2D eigenvalue weighted by molar-refractivity contribution is -0.149. The highest BCUT2D eigenvalue weighted by atomic mass is 35.5. The Morgan fingerprint density at radius 3 is 2.54 bits per heavy atom. The van der Waals surface area contributed by atoms with Crippen molar-refractivity contribution in [2.45, 2.75) is 55.7 Å². The molecule has 3 unspecified atom stereocenters. The number of anilines is 1. The van der Waals surface area contributed by atoms with Crippen LogP contribution >= 0.6 is 23.4 Å². The summed E-state index contributed by atoms with van der Waals surface area (Å²) in [5.41, 5.74) is 0.621. The molecular weight excluding hydrogens is 488 g/mol. The fraction of sp³-hybridized carbons (Fsp3) is 0.577. The van der Waals surface area contributed by atoms with Crippen LogP contribution in [0.25, 0.3) is 0 Å². The van der Waals surface area contributed by atoms with Gasteiger partial charge in [-0.25, -0.2) is 0 Å². The van der Waals surface area contributed by atoms with Gasteiger partial charge >= 0.3 is 5.97 Å². The van der Waals surface area contributed by atoms with Crippen LogP contribution in [0.1, 0.15) is 33.6 Å². The maximum absolute atomic E-state index is 14.4. The monoisotopic (exact) mass is 520 g/mol. The molecule has 3 aliphatic heterocycles. The van der Waals surface area contributed by atoms with Crippen LogP contribution in [-0.4, -0.2) is 68.1 Å². The van der Waals surface area contributed by atoms with E-state index in [4.69, 9.17) is 11.6 Å². The molecule has 2 bridgehead atoms. The molecule has 0 radical (unpaired) electrons. The number of aliphatic hydroxyl groups excluding tert-OH is 1. The Kier molecular flexibility index (Phi) is 7.28. The summed E-state index contributed by atoms with van der Waals surface area (Å²) in [6.07, 6.45) is 2.78. The summed E-state index contributed by atoms with van der Waals surface area (Å²) in [6, 6.07) is 5.44. The zero-order chi connectivity index (χ0) is 25.7. The second-order valence-corrected chi connectivity index (χ2v) is 12.3. The molecular formula is C26H33ClN2O5S. The number of thioether (sulfide) groups is 1. The highest BCUT2D eigenvalue weighted by Crippen LogP contribution is 2.69. The third kappa shape index (κ3) is 4.07. The summed E-state index contributed by atoms with van der Waals surface area (Å²) in [5.74, 6) is -3.10. The van der Waals surface area contributed by atoms with Crippen molar-refractivity contribution in [2.75, 3.05) is 18.1 Å². The number of fused-ring (bicyclic) bond motifs is 1. The third-order valence-electron chi connectivity index (χ3n) is 7.77. The van der Waals surface area contributed by atoms with Gasteiger partial charge in [-0.3, -0.25) is 14.4 Å². The molecule has 3 saturated heterocycles. The molecule has 4 rings (SSSR count). The second-order valence-electron chi connectivity index (χ2n) is 10.3. The molecule has 0 aromatic heterocycles. The van der Waals surface area contributed by atoms with Gasteiger partial charge in [0, 0.05) is 22.5 Å². The summed E-state index contributed by atoms with van der Waals surface area (Å²) in [6.45, 7) is 9.76. The van der Waals surface area contributed by atoms with Crippen molar-refractivity contribution in [1.29, 1.82) is 0 Å². The van der Waals surface area contributed by atoms with Crippen molar-refractivity contribution >= 4 is 46.8 Å². The van der Waals surface area contributed by atoms with Crippen LogP contribution in [0.3, 0.4) is 0 Å². The van der Waals surface area contributed by atoms with E-state index in [0.29, 0.717) is 23.6 Å².